The maximum absolute atomic E-state index is 12.4. The molecule has 0 amide bonds. The first-order chi connectivity index (χ1) is 9.78. The van der Waals surface area contributed by atoms with Crippen molar-refractivity contribution in [3.63, 3.8) is 0 Å². The van der Waals surface area contributed by atoms with Gasteiger partial charge in [-0.05, 0) is 18.2 Å². The van der Waals surface area contributed by atoms with Crippen LogP contribution in [0.1, 0.15) is 21.7 Å². The molecule has 0 saturated carbocycles. The molecule has 0 aliphatic carbocycles. The summed E-state index contributed by atoms with van der Waals surface area (Å²) in [6.07, 6.45) is 2.49. The van der Waals surface area contributed by atoms with E-state index in [0.29, 0.717) is 17.5 Å². The number of benzene rings is 2. The van der Waals surface area contributed by atoms with Gasteiger partial charge in [-0.15, -0.1) is 6.58 Å². The summed E-state index contributed by atoms with van der Waals surface area (Å²) in [7, 11) is 0. The van der Waals surface area contributed by atoms with Crippen LogP contribution in [0, 0.1) is 0 Å². The van der Waals surface area contributed by atoms with Crippen molar-refractivity contribution in [1.29, 1.82) is 0 Å². The minimum Gasteiger partial charge on any atom is -0.342 e. The molecule has 1 N–H and O–H groups in total. The molecule has 0 aliphatic heterocycles. The van der Waals surface area contributed by atoms with E-state index in [9.17, 15) is 4.79 Å². The second-order valence-corrected chi connectivity index (χ2v) is 4.60. The van der Waals surface area contributed by atoms with Crippen LogP contribution in [0.25, 0.3) is 11.0 Å². The number of aromatic amines is 1. The number of carbonyl (C=O) groups is 1. The van der Waals surface area contributed by atoms with Crippen LogP contribution in [-0.4, -0.2) is 15.8 Å². The molecular weight excluding hydrogens is 248 g/mol. The zero-order chi connectivity index (χ0) is 13.9. The zero-order valence-corrected chi connectivity index (χ0v) is 11.0. The average Bonchev–Trinajstić information content (AvgIpc) is 2.89. The van der Waals surface area contributed by atoms with Crippen molar-refractivity contribution in [3.05, 3.63) is 78.1 Å². The van der Waals surface area contributed by atoms with Crippen LogP contribution < -0.4 is 0 Å². The Morgan fingerprint density at radius 3 is 2.70 bits per heavy atom. The van der Waals surface area contributed by atoms with Crippen molar-refractivity contribution in [2.45, 2.75) is 6.42 Å². The number of rotatable bonds is 4. The van der Waals surface area contributed by atoms with Gasteiger partial charge in [0.15, 0.2) is 5.78 Å². The van der Waals surface area contributed by atoms with Crippen LogP contribution in [0.5, 0.6) is 0 Å². The van der Waals surface area contributed by atoms with E-state index >= 15 is 0 Å². The van der Waals surface area contributed by atoms with Gasteiger partial charge in [0.1, 0.15) is 5.82 Å². The van der Waals surface area contributed by atoms with Gasteiger partial charge in [0.05, 0.1) is 11.0 Å². The second kappa shape index (κ2) is 5.13. The van der Waals surface area contributed by atoms with E-state index in [1.165, 1.54) is 0 Å². The second-order valence-electron chi connectivity index (χ2n) is 4.60. The fourth-order valence-electron chi connectivity index (χ4n) is 2.19. The van der Waals surface area contributed by atoms with Crippen LogP contribution in [0.15, 0.2) is 61.2 Å². The van der Waals surface area contributed by atoms with Crippen LogP contribution in [0.4, 0.5) is 0 Å². The molecule has 3 aromatic rings. The number of nitrogens with one attached hydrogen (secondary N) is 1. The molecule has 1 heterocycles. The van der Waals surface area contributed by atoms with Crippen LogP contribution in [0.2, 0.25) is 0 Å². The normalized spacial score (nSPS) is 10.6. The molecule has 98 valence electrons. The van der Waals surface area contributed by atoms with E-state index in [1.807, 2.05) is 48.5 Å². The topological polar surface area (TPSA) is 45.8 Å². The predicted octanol–water partition coefficient (Wildman–Crippen LogP) is 3.52. The molecule has 0 radical (unpaired) electrons. The summed E-state index contributed by atoms with van der Waals surface area (Å²) < 4.78 is 0. The first-order valence-electron chi connectivity index (χ1n) is 6.47. The van der Waals surface area contributed by atoms with Gasteiger partial charge in [-0.1, -0.05) is 36.4 Å². The van der Waals surface area contributed by atoms with Crippen molar-refractivity contribution in [2.24, 2.45) is 0 Å². The van der Waals surface area contributed by atoms with Crippen molar-refractivity contribution in [2.75, 3.05) is 0 Å². The maximum atomic E-state index is 12.4. The minimum atomic E-state index is 0.0146. The highest BCUT2D eigenvalue weighted by molar-refractivity contribution is 6.10. The van der Waals surface area contributed by atoms with E-state index in [0.717, 1.165) is 16.9 Å². The Balaban J connectivity index is 2.00. The SMILES string of the molecule is C=CCc1nc2cc(C(=O)c3ccccc3)ccc2[nH]1. The number of allylic oxidation sites excluding steroid dienone is 1. The van der Waals surface area contributed by atoms with E-state index in [1.54, 1.807) is 6.08 Å². The molecule has 3 heteroatoms. The molecule has 0 unspecified atom stereocenters. The summed E-state index contributed by atoms with van der Waals surface area (Å²) in [6.45, 7) is 3.70. The van der Waals surface area contributed by atoms with Crippen molar-refractivity contribution < 1.29 is 4.79 Å². The monoisotopic (exact) mass is 262 g/mol. The molecule has 1 aromatic heterocycles. The number of hydrogen-bond donors (Lipinski definition) is 1. The molecule has 3 nitrogen and oxygen atoms in total. The number of aromatic nitrogens is 2. The minimum absolute atomic E-state index is 0.0146. The van der Waals surface area contributed by atoms with Crippen LogP contribution in [0.3, 0.4) is 0 Å². The number of H-pyrrole nitrogens is 1. The van der Waals surface area contributed by atoms with Gasteiger partial charge in [0.25, 0.3) is 0 Å². The van der Waals surface area contributed by atoms with Gasteiger partial charge in [-0.25, -0.2) is 4.98 Å². The predicted molar refractivity (Wildman–Crippen MR) is 79.9 cm³/mol. The zero-order valence-electron chi connectivity index (χ0n) is 11.0. The smallest absolute Gasteiger partial charge is 0.193 e. The number of imidazole rings is 1. The van der Waals surface area contributed by atoms with Crippen molar-refractivity contribution in [3.8, 4) is 0 Å². The summed E-state index contributed by atoms with van der Waals surface area (Å²) in [5, 5.41) is 0. The summed E-state index contributed by atoms with van der Waals surface area (Å²) >= 11 is 0. The molecule has 20 heavy (non-hydrogen) atoms. The number of ketones is 1. The lowest BCUT2D eigenvalue weighted by molar-refractivity contribution is 0.103. The summed E-state index contributed by atoms with van der Waals surface area (Å²) in [6, 6.07) is 14.8. The van der Waals surface area contributed by atoms with E-state index in [4.69, 9.17) is 0 Å². The van der Waals surface area contributed by atoms with Gasteiger partial charge in [-0.3, -0.25) is 4.79 Å². The molecule has 0 fully saturated rings. The van der Waals surface area contributed by atoms with Gasteiger partial charge in [-0.2, -0.15) is 0 Å². The fourth-order valence-corrected chi connectivity index (χ4v) is 2.19. The molecule has 0 saturated heterocycles. The number of fused-ring (bicyclic) bond motifs is 1. The Morgan fingerprint density at radius 1 is 1.15 bits per heavy atom. The number of carbonyl (C=O) groups excluding carboxylic acids is 1. The summed E-state index contributed by atoms with van der Waals surface area (Å²) in [4.78, 5) is 20.0. The van der Waals surface area contributed by atoms with Crippen LogP contribution in [-0.2, 0) is 6.42 Å². The van der Waals surface area contributed by atoms with Crippen molar-refractivity contribution >= 4 is 16.8 Å². The highest BCUT2D eigenvalue weighted by Gasteiger charge is 2.10. The Labute approximate surface area is 117 Å². The Hall–Kier alpha value is -2.68. The first-order valence-corrected chi connectivity index (χ1v) is 6.47. The average molecular weight is 262 g/mol. The highest BCUT2D eigenvalue weighted by Crippen LogP contribution is 2.17. The lowest BCUT2D eigenvalue weighted by atomic mass is 10.0. The lowest BCUT2D eigenvalue weighted by Gasteiger charge is -2.00. The molecule has 3 rings (SSSR count). The first kappa shape index (κ1) is 12.4. The number of hydrogen-bond acceptors (Lipinski definition) is 2. The molecular formula is C17H14N2O. The van der Waals surface area contributed by atoms with E-state index in [-0.39, 0.29) is 5.78 Å². The molecule has 0 spiro atoms. The molecule has 2 aromatic carbocycles. The van der Waals surface area contributed by atoms with Gasteiger partial charge < -0.3 is 4.98 Å². The van der Waals surface area contributed by atoms with Gasteiger partial charge in [0, 0.05) is 17.5 Å². The van der Waals surface area contributed by atoms with Gasteiger partial charge in [0.2, 0.25) is 0 Å². The Morgan fingerprint density at radius 2 is 1.95 bits per heavy atom. The standard InChI is InChI=1S/C17H14N2O/c1-2-6-16-18-14-10-9-13(11-15(14)19-16)17(20)12-7-4-3-5-8-12/h2-5,7-11H,1,6H2,(H,18,19). The van der Waals surface area contributed by atoms with Crippen LogP contribution >= 0.6 is 0 Å². The quantitative estimate of drug-likeness (QED) is 0.577. The highest BCUT2D eigenvalue weighted by atomic mass is 16.1. The third-order valence-corrected chi connectivity index (χ3v) is 3.17. The third kappa shape index (κ3) is 2.26. The van der Waals surface area contributed by atoms with E-state index in [2.05, 4.69) is 16.5 Å². The Kier molecular flexibility index (Phi) is 3.17. The third-order valence-electron chi connectivity index (χ3n) is 3.17. The Bertz CT molecular complexity index is 772. The largest absolute Gasteiger partial charge is 0.342 e. The molecule has 0 atom stereocenters. The maximum Gasteiger partial charge on any atom is 0.193 e. The molecule has 0 aliphatic rings. The van der Waals surface area contributed by atoms with Crippen molar-refractivity contribution in [1.82, 2.24) is 9.97 Å². The van der Waals surface area contributed by atoms with E-state index < -0.39 is 0 Å². The lowest BCUT2D eigenvalue weighted by Crippen LogP contribution is -2.00. The summed E-state index contributed by atoms with van der Waals surface area (Å²) in [5.74, 6) is 0.875. The van der Waals surface area contributed by atoms with Gasteiger partial charge >= 0.3 is 0 Å². The molecule has 0 bridgehead atoms. The number of nitrogens with zero attached hydrogens (tertiary/aromatic N) is 1. The summed E-state index contributed by atoms with van der Waals surface area (Å²) in [5.41, 5.74) is 3.09. The fraction of sp³-hybridized carbons (Fsp3) is 0.0588.